The van der Waals surface area contributed by atoms with E-state index in [4.69, 9.17) is 16.3 Å². The highest BCUT2D eigenvalue weighted by atomic mass is 35.5. The van der Waals surface area contributed by atoms with Crippen molar-refractivity contribution >= 4 is 27.6 Å². The van der Waals surface area contributed by atoms with Crippen LogP contribution in [0, 0.1) is 5.92 Å². The van der Waals surface area contributed by atoms with E-state index in [0.29, 0.717) is 17.9 Å². The first-order chi connectivity index (χ1) is 11.4. The Morgan fingerprint density at radius 1 is 1.29 bits per heavy atom. The van der Waals surface area contributed by atoms with Gasteiger partial charge in [0.15, 0.2) is 5.37 Å². The molecule has 3 unspecified atom stereocenters. The Morgan fingerprint density at radius 2 is 1.96 bits per heavy atom. The van der Waals surface area contributed by atoms with Gasteiger partial charge >= 0.3 is 5.97 Å². The van der Waals surface area contributed by atoms with Gasteiger partial charge in [-0.05, 0) is 30.5 Å². The molecule has 1 aromatic rings. The van der Waals surface area contributed by atoms with Gasteiger partial charge in [0.1, 0.15) is 5.92 Å². The summed E-state index contributed by atoms with van der Waals surface area (Å²) in [6.07, 6.45) is 1.13. The van der Waals surface area contributed by atoms with Crippen LogP contribution >= 0.6 is 11.6 Å². The molecule has 7 nitrogen and oxygen atoms in total. The van der Waals surface area contributed by atoms with Crippen molar-refractivity contribution in [3.63, 3.8) is 0 Å². The lowest BCUT2D eigenvalue weighted by atomic mass is 10.00. The first-order valence-corrected chi connectivity index (χ1v) is 9.63. The molecule has 1 heterocycles. The maximum atomic E-state index is 12.5. The molecule has 3 atom stereocenters. The fourth-order valence-corrected chi connectivity index (χ4v) is 4.31. The Balaban J connectivity index is 2.00. The largest absolute Gasteiger partial charge is 0.469 e. The third-order valence-corrected chi connectivity index (χ3v) is 5.99. The minimum Gasteiger partial charge on any atom is -0.469 e. The van der Waals surface area contributed by atoms with Crippen LogP contribution in [0.5, 0.6) is 0 Å². The van der Waals surface area contributed by atoms with Gasteiger partial charge in [0, 0.05) is 17.6 Å². The van der Waals surface area contributed by atoms with E-state index in [1.54, 1.807) is 12.1 Å². The molecule has 0 aliphatic carbocycles. The Labute approximate surface area is 147 Å². The minimum absolute atomic E-state index is 0.229. The van der Waals surface area contributed by atoms with E-state index >= 15 is 0 Å². The zero-order valence-corrected chi connectivity index (χ0v) is 15.2. The predicted molar refractivity (Wildman–Crippen MR) is 91.7 cm³/mol. The van der Waals surface area contributed by atoms with E-state index in [1.807, 2.05) is 19.1 Å². The van der Waals surface area contributed by atoms with Crippen molar-refractivity contribution in [1.29, 1.82) is 0 Å². The summed E-state index contributed by atoms with van der Waals surface area (Å²) in [6.45, 7) is 2.10. The number of esters is 1. The summed E-state index contributed by atoms with van der Waals surface area (Å²) in [5.41, 5.74) is 6.53. The summed E-state index contributed by atoms with van der Waals surface area (Å²) in [7, 11) is -2.48. The molecule has 1 aliphatic heterocycles. The molecule has 0 radical (unpaired) electrons. The second kappa shape index (κ2) is 8.26. The van der Waals surface area contributed by atoms with Crippen LogP contribution in [0.1, 0.15) is 18.9 Å². The van der Waals surface area contributed by atoms with Crippen LogP contribution in [0.2, 0.25) is 5.02 Å². The van der Waals surface area contributed by atoms with Crippen LogP contribution in [0.15, 0.2) is 24.3 Å². The van der Waals surface area contributed by atoms with Gasteiger partial charge < -0.3 is 4.74 Å². The normalized spacial score (nSPS) is 24.0. The highest BCUT2D eigenvalue weighted by Crippen LogP contribution is 2.22. The summed E-state index contributed by atoms with van der Waals surface area (Å²) in [6, 6.07) is 6.91. The summed E-state index contributed by atoms with van der Waals surface area (Å²) in [5.74, 6) is -1.35. The first kappa shape index (κ1) is 19.1. The minimum atomic E-state index is -3.74. The summed E-state index contributed by atoms with van der Waals surface area (Å²) in [4.78, 5) is 12.0. The second-order valence-electron chi connectivity index (χ2n) is 5.59. The van der Waals surface area contributed by atoms with Gasteiger partial charge in [-0.25, -0.2) is 18.6 Å². The smallest absolute Gasteiger partial charge is 0.313 e. The highest BCUT2D eigenvalue weighted by Gasteiger charge is 2.47. The maximum absolute atomic E-state index is 12.5. The van der Waals surface area contributed by atoms with Gasteiger partial charge in [-0.1, -0.05) is 30.7 Å². The zero-order valence-electron chi connectivity index (χ0n) is 13.6. The second-order valence-corrected chi connectivity index (χ2v) is 7.91. The van der Waals surface area contributed by atoms with E-state index in [1.165, 1.54) is 7.11 Å². The number of carbonyl (C=O) groups is 1. The Hall–Kier alpha value is -1.19. The van der Waals surface area contributed by atoms with Crippen molar-refractivity contribution in [2.24, 2.45) is 5.92 Å². The lowest BCUT2D eigenvalue weighted by Gasteiger charge is -2.20. The van der Waals surface area contributed by atoms with Crippen LogP contribution in [0.3, 0.4) is 0 Å². The van der Waals surface area contributed by atoms with E-state index in [-0.39, 0.29) is 12.6 Å². The highest BCUT2D eigenvalue weighted by molar-refractivity contribution is 7.90. The number of hydrogen-bond acceptors (Lipinski definition) is 6. The molecular weight excluding hydrogens is 354 g/mol. The SMILES string of the molecule is CCC1NNC(S(=O)(=O)NCCc2ccc(Cl)cc2)C1C(=O)OC. The fraction of sp³-hybridized carbons (Fsp3) is 0.533. The number of hydrogen-bond donors (Lipinski definition) is 3. The number of nitrogens with one attached hydrogen (secondary N) is 3. The molecule has 1 saturated heterocycles. The number of carbonyl (C=O) groups excluding carboxylic acids is 1. The first-order valence-electron chi connectivity index (χ1n) is 7.71. The molecule has 0 spiro atoms. The van der Waals surface area contributed by atoms with Gasteiger partial charge in [0.05, 0.1) is 7.11 Å². The average molecular weight is 376 g/mol. The van der Waals surface area contributed by atoms with Gasteiger partial charge in [-0.2, -0.15) is 0 Å². The number of benzene rings is 1. The number of sulfonamides is 1. The third-order valence-electron chi connectivity index (χ3n) is 4.05. The van der Waals surface area contributed by atoms with Gasteiger partial charge in [0.25, 0.3) is 0 Å². The monoisotopic (exact) mass is 375 g/mol. The number of rotatable bonds is 7. The summed E-state index contributed by atoms with van der Waals surface area (Å²) in [5, 5.41) is -0.438. The third kappa shape index (κ3) is 4.46. The molecule has 134 valence electrons. The Kier molecular flexibility index (Phi) is 6.59. The molecule has 24 heavy (non-hydrogen) atoms. The molecule has 0 amide bonds. The molecule has 3 N–H and O–H groups in total. The summed E-state index contributed by atoms with van der Waals surface area (Å²) >= 11 is 5.82. The van der Waals surface area contributed by atoms with Crippen LogP contribution in [-0.2, 0) is 26.0 Å². The van der Waals surface area contributed by atoms with Gasteiger partial charge in [-0.15, -0.1) is 0 Å². The van der Waals surface area contributed by atoms with Gasteiger partial charge in [-0.3, -0.25) is 10.2 Å². The fourth-order valence-electron chi connectivity index (χ4n) is 2.71. The van der Waals surface area contributed by atoms with Crippen LogP contribution in [0.4, 0.5) is 0 Å². The van der Waals surface area contributed by atoms with Crippen LogP contribution < -0.4 is 15.6 Å². The Bertz CT molecular complexity index is 666. The topological polar surface area (TPSA) is 96.5 Å². The van der Waals surface area contributed by atoms with E-state index < -0.39 is 27.3 Å². The molecule has 0 aromatic heterocycles. The maximum Gasteiger partial charge on any atom is 0.313 e. The van der Waals surface area contributed by atoms with Crippen LogP contribution in [0.25, 0.3) is 0 Å². The lowest BCUT2D eigenvalue weighted by Crippen LogP contribution is -2.47. The van der Waals surface area contributed by atoms with Crippen molar-refractivity contribution in [3.05, 3.63) is 34.9 Å². The Morgan fingerprint density at radius 3 is 2.54 bits per heavy atom. The van der Waals surface area contributed by atoms with Crippen molar-refractivity contribution < 1.29 is 17.9 Å². The quantitative estimate of drug-likeness (QED) is 0.610. The van der Waals surface area contributed by atoms with Crippen molar-refractivity contribution in [1.82, 2.24) is 15.6 Å². The molecule has 0 saturated carbocycles. The van der Waals surface area contributed by atoms with Crippen molar-refractivity contribution in [2.75, 3.05) is 13.7 Å². The lowest BCUT2D eigenvalue weighted by molar-refractivity contribution is -0.145. The molecule has 1 fully saturated rings. The number of ether oxygens (including phenoxy) is 1. The zero-order chi connectivity index (χ0) is 17.7. The molecular formula is C15H22ClN3O4S. The molecule has 2 rings (SSSR count). The number of methoxy groups -OCH3 is 1. The average Bonchev–Trinajstić information content (AvgIpc) is 3.01. The standard InChI is InChI=1S/C15H22ClN3O4S/c1-3-12-13(15(20)23-2)14(19-18-12)24(21,22)17-9-8-10-4-6-11(16)7-5-10/h4-7,12-14,17-19H,3,8-9H2,1-2H3. The molecule has 9 heteroatoms. The predicted octanol–water partition coefficient (Wildman–Crippen LogP) is 0.804. The number of hydrazine groups is 1. The van der Waals surface area contributed by atoms with Crippen LogP contribution in [-0.4, -0.2) is 39.5 Å². The molecule has 0 bridgehead atoms. The van der Waals surface area contributed by atoms with E-state index in [9.17, 15) is 13.2 Å². The summed E-state index contributed by atoms with van der Waals surface area (Å²) < 4.78 is 32.4. The molecule has 1 aliphatic rings. The number of halogens is 1. The molecule has 1 aromatic carbocycles. The van der Waals surface area contributed by atoms with Crippen molar-refractivity contribution in [2.45, 2.75) is 31.2 Å². The van der Waals surface area contributed by atoms with Gasteiger partial charge in [0.2, 0.25) is 10.0 Å². The van der Waals surface area contributed by atoms with E-state index in [0.717, 1.165) is 5.56 Å². The van der Waals surface area contributed by atoms with E-state index in [2.05, 4.69) is 15.6 Å². The van der Waals surface area contributed by atoms with Crippen molar-refractivity contribution in [3.8, 4) is 0 Å².